The zero-order chi connectivity index (χ0) is 11.8. The molecule has 2 N–H and O–H groups in total. The van der Waals surface area contributed by atoms with Gasteiger partial charge in [0.05, 0.1) is 12.5 Å². The third-order valence-electron chi connectivity index (χ3n) is 0.693. The van der Waals surface area contributed by atoms with Crippen LogP contribution < -0.4 is 0 Å². The fourth-order valence-corrected chi connectivity index (χ4v) is 0.163. The van der Waals surface area contributed by atoms with Crippen molar-refractivity contribution < 1.29 is 33.0 Å². The van der Waals surface area contributed by atoms with Gasteiger partial charge in [-0.05, 0) is 0 Å². The van der Waals surface area contributed by atoms with Gasteiger partial charge in [-0.3, -0.25) is 4.79 Å². The molecule has 0 heterocycles. The van der Waals surface area contributed by atoms with E-state index in [1.165, 1.54) is 0 Å². The van der Waals surface area contributed by atoms with Gasteiger partial charge >= 0.3 is 18.1 Å². The largest absolute Gasteiger partial charge is 0.490 e. The summed E-state index contributed by atoms with van der Waals surface area (Å²) in [6.45, 7) is 0. The molecule has 0 amide bonds. The van der Waals surface area contributed by atoms with Crippen molar-refractivity contribution >= 4 is 11.9 Å². The second-order valence-corrected chi connectivity index (χ2v) is 1.85. The number of aliphatic carboxylic acids is 2. The lowest BCUT2D eigenvalue weighted by atomic mass is 10.3. The molecule has 0 bridgehead atoms. The van der Waals surface area contributed by atoms with E-state index in [2.05, 4.69) is 0 Å². The van der Waals surface area contributed by atoms with E-state index in [1.54, 1.807) is 6.07 Å². The summed E-state index contributed by atoms with van der Waals surface area (Å²) >= 11 is 0. The number of rotatable bonds is 2. The normalized spacial score (nSPS) is 9.29. The second kappa shape index (κ2) is 6.71. The Hall–Kier alpha value is -1.78. The molecule has 14 heavy (non-hydrogen) atoms. The summed E-state index contributed by atoms with van der Waals surface area (Å²) in [5, 5.41) is 22.8. The van der Waals surface area contributed by atoms with Crippen LogP contribution >= 0.6 is 0 Å². The molecule has 0 unspecified atom stereocenters. The molecule has 0 rings (SSSR count). The van der Waals surface area contributed by atoms with Gasteiger partial charge < -0.3 is 10.2 Å². The van der Waals surface area contributed by atoms with Crippen LogP contribution in [0, 0.1) is 11.3 Å². The lowest BCUT2D eigenvalue weighted by Gasteiger charge is -1.93. The lowest BCUT2D eigenvalue weighted by molar-refractivity contribution is -0.192. The summed E-state index contributed by atoms with van der Waals surface area (Å²) in [4.78, 5) is 18.5. The molecule has 8 heteroatoms. The molecule has 0 saturated carbocycles. The van der Waals surface area contributed by atoms with Crippen molar-refractivity contribution in [2.45, 2.75) is 19.0 Å². The first-order valence-corrected chi connectivity index (χ1v) is 3.10. The maximum atomic E-state index is 10.6. The van der Waals surface area contributed by atoms with E-state index in [4.69, 9.17) is 20.3 Å². The molecule has 0 aliphatic rings. The van der Waals surface area contributed by atoms with Gasteiger partial charge in [0.15, 0.2) is 0 Å². The quantitative estimate of drug-likeness (QED) is 0.713. The molecule has 0 aromatic carbocycles. The van der Waals surface area contributed by atoms with Crippen molar-refractivity contribution in [3.05, 3.63) is 0 Å². The minimum Gasteiger partial charge on any atom is -0.481 e. The number of halogens is 3. The van der Waals surface area contributed by atoms with Crippen LogP contribution in [0.5, 0.6) is 0 Å². The molecule has 0 saturated heterocycles. The second-order valence-electron chi connectivity index (χ2n) is 1.85. The summed E-state index contributed by atoms with van der Waals surface area (Å²) in [5.74, 6) is -3.67. The first kappa shape index (κ1) is 14.7. The van der Waals surface area contributed by atoms with Gasteiger partial charge in [0, 0.05) is 6.42 Å². The Morgan fingerprint density at radius 2 is 1.64 bits per heavy atom. The molecule has 0 fully saturated rings. The van der Waals surface area contributed by atoms with Crippen LogP contribution in [0.3, 0.4) is 0 Å². The zero-order valence-electron chi connectivity index (χ0n) is 6.71. The molecule has 0 spiro atoms. The van der Waals surface area contributed by atoms with Crippen molar-refractivity contribution in [1.82, 2.24) is 0 Å². The number of nitrogens with zero attached hydrogens (tertiary/aromatic N) is 1. The van der Waals surface area contributed by atoms with Gasteiger partial charge in [-0.25, -0.2) is 4.79 Å². The van der Waals surface area contributed by atoms with E-state index in [9.17, 15) is 18.0 Å². The van der Waals surface area contributed by atoms with Crippen LogP contribution in [-0.4, -0.2) is 28.3 Å². The van der Waals surface area contributed by atoms with E-state index in [1.807, 2.05) is 0 Å². The van der Waals surface area contributed by atoms with Crippen LogP contribution in [-0.2, 0) is 9.59 Å². The highest BCUT2D eigenvalue weighted by atomic mass is 19.4. The van der Waals surface area contributed by atoms with Gasteiger partial charge in [-0.15, -0.1) is 0 Å². The predicted octanol–water partition coefficient (Wildman–Crippen LogP) is 1.01. The Morgan fingerprint density at radius 1 is 1.29 bits per heavy atom. The molecule has 0 aliphatic carbocycles. The first-order valence-electron chi connectivity index (χ1n) is 3.10. The maximum absolute atomic E-state index is 10.6. The Bertz CT molecular complexity index is 242. The monoisotopic (exact) mass is 213 g/mol. The highest BCUT2D eigenvalue weighted by Crippen LogP contribution is 2.13. The van der Waals surface area contributed by atoms with Gasteiger partial charge in [0.25, 0.3) is 0 Å². The smallest absolute Gasteiger partial charge is 0.481 e. The van der Waals surface area contributed by atoms with Crippen LogP contribution in [0.2, 0.25) is 0 Å². The maximum Gasteiger partial charge on any atom is 0.490 e. The first-order chi connectivity index (χ1) is 6.21. The fraction of sp³-hybridized carbons (Fsp3) is 0.500. The van der Waals surface area contributed by atoms with Crippen LogP contribution in [0.1, 0.15) is 12.8 Å². The van der Waals surface area contributed by atoms with Crippen LogP contribution in [0.15, 0.2) is 0 Å². The average molecular weight is 213 g/mol. The highest BCUT2D eigenvalue weighted by molar-refractivity contribution is 5.73. The number of carboxylic acids is 2. The SMILES string of the molecule is N#CCCC(=O)O.O=C(O)C(F)(F)F. The van der Waals surface area contributed by atoms with Gasteiger partial charge in [-0.1, -0.05) is 0 Å². The van der Waals surface area contributed by atoms with Gasteiger partial charge in [0.1, 0.15) is 0 Å². The van der Waals surface area contributed by atoms with E-state index in [-0.39, 0.29) is 12.8 Å². The van der Waals surface area contributed by atoms with Crippen molar-refractivity contribution in [3.8, 4) is 6.07 Å². The van der Waals surface area contributed by atoms with Crippen LogP contribution in [0.25, 0.3) is 0 Å². The molecular weight excluding hydrogens is 207 g/mol. The number of alkyl halides is 3. The van der Waals surface area contributed by atoms with Gasteiger partial charge in [-0.2, -0.15) is 18.4 Å². The summed E-state index contributed by atoms with van der Waals surface area (Å²) in [5.41, 5.74) is 0. The predicted molar refractivity (Wildman–Crippen MR) is 36.2 cm³/mol. The Balaban J connectivity index is 0. The number of carbonyl (C=O) groups is 2. The zero-order valence-corrected chi connectivity index (χ0v) is 6.71. The van der Waals surface area contributed by atoms with Crippen molar-refractivity contribution in [2.24, 2.45) is 0 Å². The summed E-state index contributed by atoms with van der Waals surface area (Å²) in [6.07, 6.45) is -5.02. The number of hydrogen-bond donors (Lipinski definition) is 2. The van der Waals surface area contributed by atoms with Crippen molar-refractivity contribution in [1.29, 1.82) is 5.26 Å². The number of carboxylic acid groups (broad SMARTS) is 2. The van der Waals surface area contributed by atoms with E-state index in [0.29, 0.717) is 0 Å². The molecule has 0 radical (unpaired) electrons. The molecule has 0 atom stereocenters. The third-order valence-corrected chi connectivity index (χ3v) is 0.693. The molecule has 5 nitrogen and oxygen atoms in total. The van der Waals surface area contributed by atoms with Gasteiger partial charge in [0.2, 0.25) is 0 Å². The summed E-state index contributed by atoms with van der Waals surface area (Å²) in [7, 11) is 0. The third kappa shape index (κ3) is 12.9. The molecule has 0 aromatic rings. The Labute approximate surface area is 76.4 Å². The fourth-order valence-electron chi connectivity index (χ4n) is 0.163. The minimum absolute atomic E-state index is 0.0451. The minimum atomic E-state index is -5.08. The standard InChI is InChI=1S/C4H5NO2.C2HF3O2/c5-3-1-2-4(6)7;3-2(4,5)1(6)7/h1-2H2,(H,6,7);(H,6,7). The molecular formula is C6H6F3NO4. The number of nitriles is 1. The molecule has 80 valence electrons. The highest BCUT2D eigenvalue weighted by Gasteiger charge is 2.38. The van der Waals surface area contributed by atoms with Crippen molar-refractivity contribution in [3.63, 3.8) is 0 Å². The Morgan fingerprint density at radius 3 is 1.71 bits per heavy atom. The van der Waals surface area contributed by atoms with E-state index >= 15 is 0 Å². The van der Waals surface area contributed by atoms with Crippen molar-refractivity contribution in [2.75, 3.05) is 0 Å². The van der Waals surface area contributed by atoms with E-state index < -0.39 is 18.1 Å². The molecule has 0 aliphatic heterocycles. The summed E-state index contributed by atoms with van der Waals surface area (Å²) in [6, 6.07) is 1.72. The van der Waals surface area contributed by atoms with E-state index in [0.717, 1.165) is 0 Å². The van der Waals surface area contributed by atoms with Crippen LogP contribution in [0.4, 0.5) is 13.2 Å². The number of hydrogen-bond acceptors (Lipinski definition) is 3. The topological polar surface area (TPSA) is 98.4 Å². The lowest BCUT2D eigenvalue weighted by Crippen LogP contribution is -2.21. The molecule has 0 aromatic heterocycles. The summed E-state index contributed by atoms with van der Waals surface area (Å²) < 4.78 is 31.7. The average Bonchev–Trinajstić information content (AvgIpc) is 2.00. The Kier molecular flexibility index (Phi) is 7.05.